The van der Waals surface area contributed by atoms with E-state index in [0.29, 0.717) is 5.38 Å². The first-order valence-corrected chi connectivity index (χ1v) is 8.37. The number of halogens is 2. The average Bonchev–Trinajstić information content (AvgIpc) is 2.31. The van der Waals surface area contributed by atoms with Gasteiger partial charge in [0, 0.05) is 9.85 Å². The highest BCUT2D eigenvalue weighted by Gasteiger charge is 2.20. The van der Waals surface area contributed by atoms with Crippen molar-refractivity contribution in [3.05, 3.63) is 34.3 Å². The molecular weight excluding hydrogens is 308 g/mol. The largest absolute Gasteiger partial charge is 0.122 e. The van der Waals surface area contributed by atoms with E-state index in [0.717, 1.165) is 16.8 Å². The highest BCUT2D eigenvalue weighted by molar-refractivity contribution is 9.10. The Kier molecular flexibility index (Phi) is 6.04. The van der Waals surface area contributed by atoms with Gasteiger partial charge in [-0.3, -0.25) is 0 Å². The molecule has 0 nitrogen and oxygen atoms in total. The molecule has 1 aliphatic rings. The molecular formula is C16H22BrCl. The summed E-state index contributed by atoms with van der Waals surface area (Å²) in [6.07, 6.45) is 10.6. The van der Waals surface area contributed by atoms with Crippen LogP contribution in [-0.4, -0.2) is 5.38 Å². The number of benzene rings is 1. The molecule has 100 valence electrons. The molecule has 1 saturated carbocycles. The van der Waals surface area contributed by atoms with Gasteiger partial charge in [0.2, 0.25) is 0 Å². The van der Waals surface area contributed by atoms with Gasteiger partial charge in [-0.1, -0.05) is 60.2 Å². The highest BCUT2D eigenvalue weighted by atomic mass is 79.9. The number of hydrogen-bond acceptors (Lipinski definition) is 0. The fraction of sp³-hybridized carbons (Fsp3) is 0.625. The van der Waals surface area contributed by atoms with Crippen LogP contribution in [0.2, 0.25) is 0 Å². The lowest BCUT2D eigenvalue weighted by Crippen LogP contribution is -2.18. The zero-order valence-corrected chi connectivity index (χ0v) is 13.2. The van der Waals surface area contributed by atoms with E-state index in [4.69, 9.17) is 11.6 Å². The lowest BCUT2D eigenvalue weighted by molar-refractivity contribution is 0.364. The first-order valence-electron chi connectivity index (χ1n) is 7.14. The smallest absolute Gasteiger partial charge is 0.0404 e. The summed E-state index contributed by atoms with van der Waals surface area (Å²) < 4.78 is 1.14. The van der Waals surface area contributed by atoms with Crippen molar-refractivity contribution in [1.82, 2.24) is 0 Å². The van der Waals surface area contributed by atoms with Gasteiger partial charge in [0.15, 0.2) is 0 Å². The quantitative estimate of drug-likeness (QED) is 0.600. The Morgan fingerprint density at radius 2 is 1.56 bits per heavy atom. The van der Waals surface area contributed by atoms with Gasteiger partial charge >= 0.3 is 0 Å². The molecule has 1 unspecified atom stereocenters. The third-order valence-corrected chi connectivity index (χ3v) is 5.04. The summed E-state index contributed by atoms with van der Waals surface area (Å²) in [6, 6.07) is 8.58. The molecule has 0 amide bonds. The fourth-order valence-electron chi connectivity index (χ4n) is 2.86. The van der Waals surface area contributed by atoms with Gasteiger partial charge < -0.3 is 0 Å². The molecule has 0 spiro atoms. The first-order chi connectivity index (χ1) is 8.75. The standard InChI is InChI=1S/C16H22BrCl/c17-15-10-8-13(9-11-15)12-16(18)14-6-4-2-1-3-5-7-14/h8-11,14,16H,1-7,12H2. The van der Waals surface area contributed by atoms with E-state index < -0.39 is 0 Å². The van der Waals surface area contributed by atoms with Crippen molar-refractivity contribution in [2.45, 2.75) is 56.7 Å². The molecule has 2 rings (SSSR count). The molecule has 0 saturated heterocycles. The van der Waals surface area contributed by atoms with E-state index in [2.05, 4.69) is 40.2 Å². The van der Waals surface area contributed by atoms with Crippen LogP contribution in [0.15, 0.2) is 28.7 Å². The van der Waals surface area contributed by atoms with E-state index >= 15 is 0 Å². The van der Waals surface area contributed by atoms with Crippen molar-refractivity contribution in [3.8, 4) is 0 Å². The average molecular weight is 330 g/mol. The third-order valence-electron chi connectivity index (χ3n) is 4.01. The summed E-state index contributed by atoms with van der Waals surface area (Å²) in [4.78, 5) is 0. The zero-order valence-electron chi connectivity index (χ0n) is 10.9. The van der Waals surface area contributed by atoms with Gasteiger partial charge in [0.25, 0.3) is 0 Å². The summed E-state index contributed by atoms with van der Waals surface area (Å²) >= 11 is 10.1. The molecule has 2 heteroatoms. The fourth-order valence-corrected chi connectivity index (χ4v) is 3.56. The van der Waals surface area contributed by atoms with Crippen molar-refractivity contribution >= 4 is 27.5 Å². The first kappa shape index (κ1) is 14.4. The minimum absolute atomic E-state index is 0.310. The molecule has 0 N–H and O–H groups in total. The maximum atomic E-state index is 6.65. The van der Waals surface area contributed by atoms with E-state index in [1.807, 2.05) is 0 Å². The lowest BCUT2D eigenvalue weighted by Gasteiger charge is -2.24. The van der Waals surface area contributed by atoms with E-state index in [1.165, 1.54) is 50.5 Å². The molecule has 0 bridgehead atoms. The van der Waals surface area contributed by atoms with Crippen LogP contribution in [0.1, 0.15) is 50.5 Å². The molecule has 1 aliphatic carbocycles. The van der Waals surface area contributed by atoms with Gasteiger partial charge in [0.05, 0.1) is 0 Å². The van der Waals surface area contributed by atoms with Crippen molar-refractivity contribution in [1.29, 1.82) is 0 Å². The molecule has 0 aromatic heterocycles. The van der Waals surface area contributed by atoms with E-state index in [9.17, 15) is 0 Å². The summed E-state index contributed by atoms with van der Waals surface area (Å²) in [5, 5.41) is 0.310. The minimum atomic E-state index is 0.310. The van der Waals surface area contributed by atoms with Crippen LogP contribution in [0.4, 0.5) is 0 Å². The SMILES string of the molecule is ClC(Cc1ccc(Br)cc1)C1CCCCCCC1. The van der Waals surface area contributed by atoms with E-state index in [1.54, 1.807) is 0 Å². The molecule has 0 radical (unpaired) electrons. The second-order valence-electron chi connectivity index (χ2n) is 5.45. The second kappa shape index (κ2) is 7.55. The van der Waals surface area contributed by atoms with Crippen LogP contribution >= 0.6 is 27.5 Å². The monoisotopic (exact) mass is 328 g/mol. The van der Waals surface area contributed by atoms with E-state index in [-0.39, 0.29) is 0 Å². The predicted octanol–water partition coefficient (Wildman–Crippen LogP) is 5.96. The third kappa shape index (κ3) is 4.59. The van der Waals surface area contributed by atoms with Crippen LogP contribution in [0, 0.1) is 5.92 Å². The van der Waals surface area contributed by atoms with Crippen molar-refractivity contribution in [2.75, 3.05) is 0 Å². The van der Waals surface area contributed by atoms with Crippen molar-refractivity contribution < 1.29 is 0 Å². The summed E-state index contributed by atoms with van der Waals surface area (Å²) in [7, 11) is 0. The number of rotatable bonds is 3. The van der Waals surface area contributed by atoms with Crippen LogP contribution in [-0.2, 0) is 6.42 Å². The van der Waals surface area contributed by atoms with Gasteiger partial charge in [0.1, 0.15) is 0 Å². The Morgan fingerprint density at radius 3 is 2.17 bits per heavy atom. The maximum Gasteiger partial charge on any atom is 0.0404 e. The number of alkyl halides is 1. The van der Waals surface area contributed by atoms with Gasteiger partial charge in [-0.15, -0.1) is 11.6 Å². The Bertz CT molecular complexity index is 339. The van der Waals surface area contributed by atoms with Gasteiger partial charge in [-0.25, -0.2) is 0 Å². The minimum Gasteiger partial charge on any atom is -0.122 e. The second-order valence-corrected chi connectivity index (χ2v) is 6.93. The molecule has 1 fully saturated rings. The molecule has 1 aromatic carbocycles. The Balaban J connectivity index is 1.89. The maximum absolute atomic E-state index is 6.65. The lowest BCUT2D eigenvalue weighted by atomic mass is 9.86. The van der Waals surface area contributed by atoms with Crippen LogP contribution < -0.4 is 0 Å². The van der Waals surface area contributed by atoms with Crippen LogP contribution in [0.3, 0.4) is 0 Å². The number of hydrogen-bond donors (Lipinski definition) is 0. The molecule has 0 aliphatic heterocycles. The van der Waals surface area contributed by atoms with Crippen LogP contribution in [0.5, 0.6) is 0 Å². The zero-order chi connectivity index (χ0) is 12.8. The molecule has 0 heterocycles. The summed E-state index contributed by atoms with van der Waals surface area (Å²) in [5.74, 6) is 0.718. The van der Waals surface area contributed by atoms with Gasteiger partial charge in [-0.05, 0) is 42.9 Å². The van der Waals surface area contributed by atoms with Crippen molar-refractivity contribution in [2.24, 2.45) is 5.92 Å². The topological polar surface area (TPSA) is 0 Å². The molecule has 1 atom stereocenters. The Labute approximate surface area is 124 Å². The molecule has 1 aromatic rings. The Hall–Kier alpha value is -0.0100. The van der Waals surface area contributed by atoms with Crippen molar-refractivity contribution in [3.63, 3.8) is 0 Å². The summed E-state index contributed by atoms with van der Waals surface area (Å²) in [6.45, 7) is 0. The molecule has 18 heavy (non-hydrogen) atoms. The Morgan fingerprint density at radius 1 is 1.00 bits per heavy atom. The highest BCUT2D eigenvalue weighted by Crippen LogP contribution is 2.29. The van der Waals surface area contributed by atoms with Gasteiger partial charge in [-0.2, -0.15) is 0 Å². The predicted molar refractivity (Wildman–Crippen MR) is 83.3 cm³/mol. The van der Waals surface area contributed by atoms with Crippen LogP contribution in [0.25, 0.3) is 0 Å². The normalized spacial score (nSPS) is 20.1. The summed E-state index contributed by atoms with van der Waals surface area (Å²) in [5.41, 5.74) is 1.36.